The monoisotopic (exact) mass is 333 g/mol. The number of benzene rings is 1. The SMILES string of the molecule is CC(=O)N(Cc1ccccc1)[C@@H](C)C(=O)NCCN1CCOCC1. The molecule has 6 nitrogen and oxygen atoms in total. The normalized spacial score (nSPS) is 16.4. The fourth-order valence-electron chi connectivity index (χ4n) is 2.75. The Morgan fingerprint density at radius 2 is 1.92 bits per heavy atom. The molecule has 0 bridgehead atoms. The van der Waals surface area contributed by atoms with Gasteiger partial charge in [0.05, 0.1) is 13.2 Å². The van der Waals surface area contributed by atoms with E-state index >= 15 is 0 Å². The quantitative estimate of drug-likeness (QED) is 0.804. The maximum Gasteiger partial charge on any atom is 0.242 e. The van der Waals surface area contributed by atoms with Crippen LogP contribution in [0.15, 0.2) is 30.3 Å². The summed E-state index contributed by atoms with van der Waals surface area (Å²) in [4.78, 5) is 28.2. The summed E-state index contributed by atoms with van der Waals surface area (Å²) in [6.45, 7) is 8.40. The van der Waals surface area contributed by atoms with Crippen LogP contribution in [0.25, 0.3) is 0 Å². The van der Waals surface area contributed by atoms with Crippen molar-refractivity contribution in [2.75, 3.05) is 39.4 Å². The molecular weight excluding hydrogens is 306 g/mol. The molecular formula is C18H27N3O3. The van der Waals surface area contributed by atoms with Gasteiger partial charge in [-0.1, -0.05) is 30.3 Å². The highest BCUT2D eigenvalue weighted by atomic mass is 16.5. The number of ether oxygens (including phenoxy) is 1. The Balaban J connectivity index is 1.82. The van der Waals surface area contributed by atoms with E-state index in [1.54, 1.807) is 11.8 Å². The average Bonchev–Trinajstić information content (AvgIpc) is 2.60. The summed E-state index contributed by atoms with van der Waals surface area (Å²) in [5, 5.41) is 2.94. The van der Waals surface area contributed by atoms with Crippen LogP contribution in [0.3, 0.4) is 0 Å². The third-order valence-electron chi connectivity index (χ3n) is 4.28. The first-order valence-electron chi connectivity index (χ1n) is 8.47. The van der Waals surface area contributed by atoms with Crippen LogP contribution in [0.2, 0.25) is 0 Å². The van der Waals surface area contributed by atoms with E-state index in [0.29, 0.717) is 13.1 Å². The Bertz CT molecular complexity index is 530. The van der Waals surface area contributed by atoms with E-state index in [-0.39, 0.29) is 11.8 Å². The molecule has 1 N–H and O–H groups in total. The molecule has 24 heavy (non-hydrogen) atoms. The topological polar surface area (TPSA) is 61.9 Å². The number of hydrogen-bond acceptors (Lipinski definition) is 4. The summed E-state index contributed by atoms with van der Waals surface area (Å²) >= 11 is 0. The summed E-state index contributed by atoms with van der Waals surface area (Å²) < 4.78 is 5.31. The minimum absolute atomic E-state index is 0.102. The zero-order chi connectivity index (χ0) is 17.4. The molecule has 0 unspecified atom stereocenters. The van der Waals surface area contributed by atoms with Crippen LogP contribution in [-0.2, 0) is 20.9 Å². The molecule has 1 saturated heterocycles. The lowest BCUT2D eigenvalue weighted by atomic mass is 10.1. The average molecular weight is 333 g/mol. The van der Waals surface area contributed by atoms with Crippen molar-refractivity contribution in [3.8, 4) is 0 Å². The number of nitrogens with zero attached hydrogens (tertiary/aromatic N) is 2. The van der Waals surface area contributed by atoms with Gasteiger partial charge in [-0.25, -0.2) is 0 Å². The number of hydrogen-bond donors (Lipinski definition) is 1. The molecule has 1 fully saturated rings. The van der Waals surface area contributed by atoms with Gasteiger partial charge in [-0.2, -0.15) is 0 Å². The van der Waals surface area contributed by atoms with Crippen molar-refractivity contribution in [2.24, 2.45) is 0 Å². The zero-order valence-corrected chi connectivity index (χ0v) is 14.5. The zero-order valence-electron chi connectivity index (χ0n) is 14.5. The lowest BCUT2D eigenvalue weighted by Crippen LogP contribution is -2.49. The van der Waals surface area contributed by atoms with Gasteiger partial charge in [-0.05, 0) is 12.5 Å². The van der Waals surface area contributed by atoms with Gasteiger partial charge in [-0.15, -0.1) is 0 Å². The van der Waals surface area contributed by atoms with E-state index in [9.17, 15) is 9.59 Å². The summed E-state index contributed by atoms with van der Waals surface area (Å²) in [5.41, 5.74) is 1.01. The lowest BCUT2D eigenvalue weighted by Gasteiger charge is -2.29. The third-order valence-corrected chi connectivity index (χ3v) is 4.28. The minimum Gasteiger partial charge on any atom is -0.379 e. The van der Waals surface area contributed by atoms with E-state index in [0.717, 1.165) is 38.4 Å². The maximum atomic E-state index is 12.4. The van der Waals surface area contributed by atoms with E-state index in [1.165, 1.54) is 6.92 Å². The van der Waals surface area contributed by atoms with Gasteiger partial charge < -0.3 is 15.0 Å². The highest BCUT2D eigenvalue weighted by Crippen LogP contribution is 2.09. The lowest BCUT2D eigenvalue weighted by molar-refractivity contribution is -0.139. The van der Waals surface area contributed by atoms with Crippen LogP contribution in [0.5, 0.6) is 0 Å². The van der Waals surface area contributed by atoms with Crippen molar-refractivity contribution in [1.29, 1.82) is 0 Å². The van der Waals surface area contributed by atoms with Crippen molar-refractivity contribution in [3.63, 3.8) is 0 Å². The molecule has 1 aromatic carbocycles. The van der Waals surface area contributed by atoms with Crippen LogP contribution in [0.1, 0.15) is 19.4 Å². The van der Waals surface area contributed by atoms with Gasteiger partial charge in [-0.3, -0.25) is 14.5 Å². The molecule has 0 aromatic heterocycles. The first kappa shape index (κ1) is 18.4. The summed E-state index contributed by atoms with van der Waals surface area (Å²) in [5.74, 6) is -0.218. The number of carbonyl (C=O) groups excluding carboxylic acids is 2. The molecule has 0 radical (unpaired) electrons. The van der Waals surface area contributed by atoms with E-state index in [2.05, 4.69) is 10.2 Å². The second-order valence-corrected chi connectivity index (χ2v) is 6.05. The first-order chi connectivity index (χ1) is 11.6. The Labute approximate surface area is 143 Å². The first-order valence-corrected chi connectivity index (χ1v) is 8.47. The van der Waals surface area contributed by atoms with Crippen molar-refractivity contribution >= 4 is 11.8 Å². The van der Waals surface area contributed by atoms with Gasteiger partial charge in [0.1, 0.15) is 6.04 Å². The van der Waals surface area contributed by atoms with Gasteiger partial charge in [0.15, 0.2) is 0 Å². The van der Waals surface area contributed by atoms with E-state index < -0.39 is 6.04 Å². The van der Waals surface area contributed by atoms with Crippen LogP contribution in [-0.4, -0.2) is 67.0 Å². The van der Waals surface area contributed by atoms with Crippen LogP contribution >= 0.6 is 0 Å². The predicted octanol–water partition coefficient (Wildman–Crippen LogP) is 0.872. The standard InChI is InChI=1S/C18H27N3O3/c1-15(18(23)19-8-9-20-10-12-24-13-11-20)21(16(2)22)14-17-6-4-3-5-7-17/h3-7,15H,8-14H2,1-2H3,(H,19,23)/t15-/m0/s1. The molecule has 2 rings (SSSR count). The Morgan fingerprint density at radius 3 is 2.54 bits per heavy atom. The van der Waals surface area contributed by atoms with Gasteiger partial charge in [0, 0.05) is 39.6 Å². The molecule has 1 aliphatic heterocycles. The molecule has 1 atom stereocenters. The number of amides is 2. The third kappa shape index (κ3) is 5.62. The van der Waals surface area contributed by atoms with Crippen molar-refractivity contribution in [2.45, 2.75) is 26.4 Å². The minimum atomic E-state index is -0.493. The highest BCUT2D eigenvalue weighted by molar-refractivity contribution is 5.86. The molecule has 1 aromatic rings. The fraction of sp³-hybridized carbons (Fsp3) is 0.556. The molecule has 1 heterocycles. The number of morpholine rings is 1. The fourth-order valence-corrected chi connectivity index (χ4v) is 2.75. The number of rotatable bonds is 7. The Kier molecular flexibility index (Phi) is 7.21. The van der Waals surface area contributed by atoms with Crippen LogP contribution in [0.4, 0.5) is 0 Å². The van der Waals surface area contributed by atoms with Gasteiger partial charge in [0.2, 0.25) is 11.8 Å². The van der Waals surface area contributed by atoms with Crippen LogP contribution < -0.4 is 5.32 Å². The molecule has 132 valence electrons. The predicted molar refractivity (Wildman–Crippen MR) is 92.4 cm³/mol. The molecule has 0 saturated carbocycles. The largest absolute Gasteiger partial charge is 0.379 e. The second kappa shape index (κ2) is 9.39. The van der Waals surface area contributed by atoms with Gasteiger partial charge in [0.25, 0.3) is 0 Å². The van der Waals surface area contributed by atoms with Gasteiger partial charge >= 0.3 is 0 Å². The highest BCUT2D eigenvalue weighted by Gasteiger charge is 2.23. The molecule has 0 spiro atoms. The molecule has 6 heteroatoms. The number of nitrogens with one attached hydrogen (secondary N) is 1. The van der Waals surface area contributed by atoms with Crippen LogP contribution in [0, 0.1) is 0 Å². The second-order valence-electron chi connectivity index (χ2n) is 6.05. The molecule has 1 aliphatic rings. The van der Waals surface area contributed by atoms with Crippen molar-refractivity contribution in [3.05, 3.63) is 35.9 Å². The Hall–Kier alpha value is -1.92. The maximum absolute atomic E-state index is 12.4. The molecule has 2 amide bonds. The summed E-state index contributed by atoms with van der Waals surface area (Å²) in [6.07, 6.45) is 0. The van der Waals surface area contributed by atoms with Crippen molar-refractivity contribution in [1.82, 2.24) is 15.1 Å². The van der Waals surface area contributed by atoms with E-state index in [4.69, 9.17) is 4.74 Å². The Morgan fingerprint density at radius 1 is 1.25 bits per heavy atom. The van der Waals surface area contributed by atoms with Crippen molar-refractivity contribution < 1.29 is 14.3 Å². The van der Waals surface area contributed by atoms with E-state index in [1.807, 2.05) is 30.3 Å². The molecule has 0 aliphatic carbocycles. The summed E-state index contributed by atoms with van der Waals surface area (Å²) in [7, 11) is 0. The number of carbonyl (C=O) groups is 2. The smallest absolute Gasteiger partial charge is 0.242 e. The summed E-state index contributed by atoms with van der Waals surface area (Å²) in [6, 6.07) is 9.22.